The van der Waals surface area contributed by atoms with Crippen molar-refractivity contribution in [1.29, 1.82) is 5.41 Å². The molecule has 0 aliphatic rings. The van der Waals surface area contributed by atoms with E-state index in [4.69, 9.17) is 14.9 Å². The van der Waals surface area contributed by atoms with E-state index in [2.05, 4.69) is 10.3 Å². The molecule has 2 N–H and O–H groups in total. The maximum atomic E-state index is 12.0. The molecular formula is C20H22N4O3. The third-order valence-corrected chi connectivity index (χ3v) is 3.93. The van der Waals surface area contributed by atoms with Crippen LogP contribution in [0.25, 0.3) is 11.0 Å². The molecule has 27 heavy (non-hydrogen) atoms. The van der Waals surface area contributed by atoms with E-state index in [0.717, 1.165) is 11.1 Å². The summed E-state index contributed by atoms with van der Waals surface area (Å²) >= 11 is 0. The zero-order valence-electron chi connectivity index (χ0n) is 15.7. The van der Waals surface area contributed by atoms with Crippen molar-refractivity contribution in [3.63, 3.8) is 0 Å². The van der Waals surface area contributed by atoms with Gasteiger partial charge in [0.15, 0.2) is 0 Å². The number of imidazole rings is 1. The van der Waals surface area contributed by atoms with Crippen LogP contribution in [0.4, 0.5) is 10.7 Å². The molecule has 0 fully saturated rings. The fraction of sp³-hybridized carbons (Fsp3) is 0.250. The van der Waals surface area contributed by atoms with E-state index in [9.17, 15) is 4.79 Å². The van der Waals surface area contributed by atoms with Gasteiger partial charge >= 0.3 is 12.1 Å². The molecule has 3 aromatic rings. The Balaban J connectivity index is 2.00. The lowest BCUT2D eigenvalue weighted by Gasteiger charge is -2.15. The van der Waals surface area contributed by atoms with Gasteiger partial charge in [0.25, 0.3) is 0 Å². The van der Waals surface area contributed by atoms with Crippen molar-refractivity contribution in [2.24, 2.45) is 0 Å². The molecule has 140 valence electrons. The molecule has 7 nitrogen and oxygen atoms in total. The van der Waals surface area contributed by atoms with Crippen LogP contribution in [0.5, 0.6) is 5.75 Å². The van der Waals surface area contributed by atoms with Crippen molar-refractivity contribution >= 4 is 29.1 Å². The summed E-state index contributed by atoms with van der Waals surface area (Å²) in [6, 6.07) is 12.9. The van der Waals surface area contributed by atoms with Crippen molar-refractivity contribution in [2.45, 2.75) is 33.8 Å². The summed E-state index contributed by atoms with van der Waals surface area (Å²) in [7, 11) is 0. The minimum atomic E-state index is -0.638. The van der Waals surface area contributed by atoms with Crippen LogP contribution in [0.1, 0.15) is 25.0 Å². The number of hydrogen-bond donors (Lipinski definition) is 2. The predicted octanol–water partition coefficient (Wildman–Crippen LogP) is 4.47. The minimum Gasteiger partial charge on any atom is -0.447 e. The highest BCUT2D eigenvalue weighted by Gasteiger charge is 2.19. The van der Waals surface area contributed by atoms with E-state index in [1.807, 2.05) is 50.2 Å². The number of fused-ring (bicyclic) bond motifs is 1. The number of aryl methyl sites for hydroxylation is 2. The third kappa shape index (κ3) is 3.92. The number of amides is 1. The summed E-state index contributed by atoms with van der Waals surface area (Å²) in [6.45, 7) is 7.35. The number of ether oxygens (including phenoxy) is 2. The molecule has 1 aromatic heterocycles. The Bertz CT molecular complexity index is 987. The van der Waals surface area contributed by atoms with Gasteiger partial charge < -0.3 is 9.47 Å². The van der Waals surface area contributed by atoms with Crippen LogP contribution >= 0.6 is 0 Å². The highest BCUT2D eigenvalue weighted by atomic mass is 16.6. The van der Waals surface area contributed by atoms with Crippen molar-refractivity contribution in [2.75, 3.05) is 5.32 Å². The fourth-order valence-electron chi connectivity index (χ4n) is 2.75. The van der Waals surface area contributed by atoms with Crippen LogP contribution in [-0.2, 0) is 4.74 Å². The number of benzene rings is 2. The second-order valence-electron chi connectivity index (χ2n) is 6.47. The Morgan fingerprint density at radius 3 is 2.44 bits per heavy atom. The Hall–Kier alpha value is -3.35. The SMILES string of the molecule is Cc1cccc(C)c1OC(=N)n1c(NC(=O)OC(C)C)nc2ccccc21. The van der Waals surface area contributed by atoms with Gasteiger partial charge in [-0.05, 0) is 51.0 Å². The molecule has 0 saturated heterocycles. The maximum absolute atomic E-state index is 12.0. The summed E-state index contributed by atoms with van der Waals surface area (Å²) < 4.78 is 12.4. The summed E-state index contributed by atoms with van der Waals surface area (Å²) in [5.41, 5.74) is 3.11. The predicted molar refractivity (Wildman–Crippen MR) is 105 cm³/mol. The number of rotatable bonds is 3. The van der Waals surface area contributed by atoms with Gasteiger partial charge in [0, 0.05) is 0 Å². The Labute approximate surface area is 157 Å². The summed E-state index contributed by atoms with van der Waals surface area (Å²) in [5, 5.41) is 11.1. The van der Waals surface area contributed by atoms with Gasteiger partial charge in [0.2, 0.25) is 5.95 Å². The molecule has 3 rings (SSSR count). The number of aromatic nitrogens is 2. The van der Waals surface area contributed by atoms with Crippen LogP contribution in [0, 0.1) is 19.3 Å². The average Bonchev–Trinajstić information content (AvgIpc) is 2.95. The van der Waals surface area contributed by atoms with E-state index < -0.39 is 6.09 Å². The molecule has 1 heterocycles. The number of para-hydroxylation sites is 3. The molecule has 0 aliphatic carbocycles. The first-order valence-corrected chi connectivity index (χ1v) is 8.65. The quantitative estimate of drug-likeness (QED) is 0.528. The Morgan fingerprint density at radius 1 is 1.11 bits per heavy atom. The number of nitrogens with zero attached hydrogens (tertiary/aromatic N) is 2. The van der Waals surface area contributed by atoms with Crippen molar-refractivity contribution < 1.29 is 14.3 Å². The first kappa shape index (κ1) is 18.4. The van der Waals surface area contributed by atoms with Crippen molar-refractivity contribution in [3.8, 4) is 5.75 Å². The Kier molecular flexibility index (Phi) is 5.12. The standard InChI is InChI=1S/C20H22N4O3/c1-12(2)26-20(25)23-19-22-15-10-5-6-11-16(15)24(19)18(21)27-17-13(3)8-7-9-14(17)4/h5-12,21H,1-4H3,(H,22,23,25). The molecule has 0 atom stereocenters. The normalized spacial score (nSPS) is 10.9. The second kappa shape index (κ2) is 7.49. The maximum Gasteiger partial charge on any atom is 0.414 e. The average molecular weight is 366 g/mol. The van der Waals surface area contributed by atoms with E-state index in [1.54, 1.807) is 19.9 Å². The topological polar surface area (TPSA) is 89.2 Å². The third-order valence-electron chi connectivity index (χ3n) is 3.93. The molecule has 0 unspecified atom stereocenters. The number of carbonyl (C=O) groups is 1. The number of hydrogen-bond acceptors (Lipinski definition) is 5. The molecule has 0 radical (unpaired) electrons. The molecule has 2 aromatic carbocycles. The van der Waals surface area contributed by atoms with Gasteiger partial charge in [-0.3, -0.25) is 10.7 Å². The summed E-state index contributed by atoms with van der Waals surface area (Å²) in [4.78, 5) is 16.4. The van der Waals surface area contributed by atoms with E-state index in [-0.39, 0.29) is 18.1 Å². The minimum absolute atomic E-state index is 0.165. The summed E-state index contributed by atoms with van der Waals surface area (Å²) in [5.74, 6) is 0.772. The van der Waals surface area contributed by atoms with Crippen LogP contribution in [0.3, 0.4) is 0 Å². The van der Waals surface area contributed by atoms with Gasteiger partial charge in [-0.15, -0.1) is 0 Å². The van der Waals surface area contributed by atoms with E-state index in [1.165, 1.54) is 4.57 Å². The lowest BCUT2D eigenvalue weighted by molar-refractivity contribution is 0.129. The van der Waals surface area contributed by atoms with E-state index in [0.29, 0.717) is 16.8 Å². The molecule has 1 amide bonds. The zero-order valence-corrected chi connectivity index (χ0v) is 15.7. The largest absolute Gasteiger partial charge is 0.447 e. The van der Waals surface area contributed by atoms with E-state index >= 15 is 0 Å². The van der Waals surface area contributed by atoms with Gasteiger partial charge in [-0.25, -0.2) is 14.3 Å². The second-order valence-corrected chi connectivity index (χ2v) is 6.47. The Morgan fingerprint density at radius 2 is 1.78 bits per heavy atom. The first-order valence-electron chi connectivity index (χ1n) is 8.65. The lowest BCUT2D eigenvalue weighted by Crippen LogP contribution is -2.25. The summed E-state index contributed by atoms with van der Waals surface area (Å²) in [6.07, 6.45) is -0.908. The monoisotopic (exact) mass is 366 g/mol. The molecule has 0 saturated carbocycles. The van der Waals surface area contributed by atoms with Crippen LogP contribution in [0.2, 0.25) is 0 Å². The van der Waals surface area contributed by atoms with Gasteiger partial charge in [-0.2, -0.15) is 0 Å². The lowest BCUT2D eigenvalue weighted by atomic mass is 10.1. The van der Waals surface area contributed by atoms with Crippen LogP contribution < -0.4 is 10.1 Å². The highest BCUT2D eigenvalue weighted by Crippen LogP contribution is 2.25. The number of nitrogens with one attached hydrogen (secondary N) is 2. The van der Waals surface area contributed by atoms with Crippen molar-refractivity contribution in [1.82, 2.24) is 9.55 Å². The number of carbonyl (C=O) groups excluding carboxylic acids is 1. The highest BCUT2D eigenvalue weighted by molar-refractivity contribution is 5.95. The first-order chi connectivity index (χ1) is 12.9. The fourth-order valence-corrected chi connectivity index (χ4v) is 2.75. The van der Waals surface area contributed by atoms with Crippen LogP contribution in [0.15, 0.2) is 42.5 Å². The van der Waals surface area contributed by atoms with Gasteiger partial charge in [0.1, 0.15) is 5.75 Å². The molecule has 0 bridgehead atoms. The van der Waals surface area contributed by atoms with Gasteiger partial charge in [0.05, 0.1) is 17.1 Å². The molecule has 7 heteroatoms. The molecular weight excluding hydrogens is 344 g/mol. The van der Waals surface area contributed by atoms with Crippen molar-refractivity contribution in [3.05, 3.63) is 53.6 Å². The molecule has 0 aliphatic heterocycles. The smallest absolute Gasteiger partial charge is 0.414 e. The number of anilines is 1. The zero-order chi connectivity index (χ0) is 19.6. The van der Waals surface area contributed by atoms with Gasteiger partial charge in [-0.1, -0.05) is 30.3 Å². The molecule has 0 spiro atoms. The van der Waals surface area contributed by atoms with Crippen LogP contribution in [-0.4, -0.2) is 27.8 Å².